The summed E-state index contributed by atoms with van der Waals surface area (Å²) in [4.78, 5) is 117. The van der Waals surface area contributed by atoms with E-state index in [1.807, 2.05) is 18.2 Å². The average Bonchev–Trinajstić information content (AvgIpc) is 3.44. The van der Waals surface area contributed by atoms with Crippen molar-refractivity contribution >= 4 is 41.5 Å². The zero-order valence-corrected chi connectivity index (χ0v) is 46.0. The summed E-state index contributed by atoms with van der Waals surface area (Å²) < 4.78 is 33.9. The standard InChI is InChI=1S/C52H80N10O19/c53-56-55-15-28-77-32-36-79-34-30-75-26-13-46(64)54-14-27-76-31-35-80-37-33-78-29-25-61(51(72)44-9-4-10-47(65)62(44)81-41-42-6-2-1-3-7-42)16-5-8-43(63)11-12-45(52(73)74)60-23-21-58(39-49(68)69)19-17-57(38-48(66)67)18-20-59(22-24-60)40-50(70)71/h1-4,6-7,9-10,45H,5,8,11-41H2,(H,54,64)(H,66,67)(H,68,69)(H,70,71)(H,73,74). The molecule has 0 radical (unpaired) electrons. The van der Waals surface area contributed by atoms with Crippen LogP contribution in [0.4, 0.5) is 0 Å². The summed E-state index contributed by atoms with van der Waals surface area (Å²) >= 11 is 0. The smallest absolute Gasteiger partial charge is 0.320 e. The minimum atomic E-state index is -1.23. The topological polar surface area (TPSA) is 364 Å². The number of hydrogen-bond donors (Lipinski definition) is 5. The zero-order chi connectivity index (χ0) is 58.9. The van der Waals surface area contributed by atoms with E-state index >= 15 is 0 Å². The molecule has 0 saturated carbocycles. The van der Waals surface area contributed by atoms with Gasteiger partial charge in [-0.25, -0.2) is 0 Å². The van der Waals surface area contributed by atoms with E-state index in [0.29, 0.717) is 39.6 Å². The lowest BCUT2D eigenvalue weighted by Gasteiger charge is -2.35. The maximum atomic E-state index is 14.2. The average molecular weight is 1150 g/mol. The quantitative estimate of drug-likeness (QED) is 0.0250. The molecular formula is C52H80N10O19. The van der Waals surface area contributed by atoms with Gasteiger partial charge in [-0.15, -0.1) is 4.73 Å². The van der Waals surface area contributed by atoms with Crippen LogP contribution in [0.25, 0.3) is 10.4 Å². The van der Waals surface area contributed by atoms with Crippen LogP contribution in [0.3, 0.4) is 0 Å². The number of aliphatic carboxylic acids is 4. The van der Waals surface area contributed by atoms with Crippen LogP contribution in [-0.2, 0) is 63.8 Å². The molecule has 1 aromatic heterocycles. The van der Waals surface area contributed by atoms with Crippen LogP contribution >= 0.6 is 0 Å². The second kappa shape index (κ2) is 42.2. The molecule has 1 aromatic carbocycles. The summed E-state index contributed by atoms with van der Waals surface area (Å²) in [6, 6.07) is 12.0. The molecule has 2 amide bonds. The molecule has 29 heteroatoms. The van der Waals surface area contributed by atoms with Crippen molar-refractivity contribution in [3.05, 3.63) is 80.6 Å². The van der Waals surface area contributed by atoms with E-state index in [0.717, 1.165) is 10.3 Å². The van der Waals surface area contributed by atoms with Crippen LogP contribution < -0.4 is 15.7 Å². The normalized spacial score (nSPS) is 14.4. The van der Waals surface area contributed by atoms with Crippen molar-refractivity contribution in [3.8, 4) is 0 Å². The molecule has 29 nitrogen and oxygen atoms in total. The molecule has 1 aliphatic heterocycles. The molecule has 2 heterocycles. The third-order valence-electron chi connectivity index (χ3n) is 12.3. The molecule has 81 heavy (non-hydrogen) atoms. The van der Waals surface area contributed by atoms with Crippen molar-refractivity contribution in [2.75, 3.05) is 177 Å². The number of carboxylic acid groups (broad SMARTS) is 4. The maximum absolute atomic E-state index is 14.2. The first-order chi connectivity index (χ1) is 39.2. The van der Waals surface area contributed by atoms with Crippen LogP contribution in [0.15, 0.2) is 58.4 Å². The summed E-state index contributed by atoms with van der Waals surface area (Å²) in [5.41, 5.74) is 8.34. The summed E-state index contributed by atoms with van der Waals surface area (Å²) in [7, 11) is 0. The Balaban J connectivity index is 1.51. The lowest BCUT2D eigenvalue weighted by atomic mass is 10.0. The van der Waals surface area contributed by atoms with Crippen molar-refractivity contribution < 1.29 is 87.2 Å². The molecule has 3 rings (SSSR count). The first kappa shape index (κ1) is 68.6. The molecule has 2 aromatic rings. The molecule has 1 atom stereocenters. The number of nitrogens with one attached hydrogen (secondary N) is 1. The molecule has 1 unspecified atom stereocenters. The predicted octanol–water partition coefficient (Wildman–Crippen LogP) is -0.106. The first-order valence-electron chi connectivity index (χ1n) is 26.9. The highest BCUT2D eigenvalue weighted by molar-refractivity contribution is 5.92. The molecule has 0 aliphatic carbocycles. The Kier molecular flexibility index (Phi) is 35.8. The summed E-state index contributed by atoms with van der Waals surface area (Å²) in [5, 5.41) is 45.3. The number of carbonyl (C=O) groups excluding carboxylic acids is 3. The Morgan fingerprint density at radius 3 is 1.67 bits per heavy atom. The van der Waals surface area contributed by atoms with Gasteiger partial charge in [-0.3, -0.25) is 58.0 Å². The first-order valence-corrected chi connectivity index (χ1v) is 26.9. The lowest BCUT2D eigenvalue weighted by Crippen LogP contribution is -2.51. The SMILES string of the molecule is [N-]=[N+]=NCCOCCOCCOCCC(=O)NCCOCCOCCOCCN(CCCC(=O)CCC(C(=O)O)N1CCN(CC(=O)O)CCN(CC(=O)O)CCN(CC(=O)O)CC1)C(=O)c1cccc(=O)n1OCc1ccccc1. The number of pyridine rings is 1. The van der Waals surface area contributed by atoms with Gasteiger partial charge in [0, 0.05) is 109 Å². The Hall–Kier alpha value is -6.63. The Bertz CT molecular complexity index is 2260. The van der Waals surface area contributed by atoms with E-state index in [-0.39, 0.29) is 194 Å². The fraction of sp³-hybridized carbons (Fsp3) is 0.654. The van der Waals surface area contributed by atoms with Crippen molar-refractivity contribution in [3.63, 3.8) is 0 Å². The van der Waals surface area contributed by atoms with Crippen molar-refractivity contribution in [2.45, 2.75) is 44.8 Å². The van der Waals surface area contributed by atoms with Crippen molar-refractivity contribution in [2.24, 2.45) is 5.11 Å². The third-order valence-corrected chi connectivity index (χ3v) is 12.3. The number of nitrogens with zero attached hydrogens (tertiary/aromatic N) is 9. The van der Waals surface area contributed by atoms with Gasteiger partial charge in [0.2, 0.25) is 5.91 Å². The zero-order valence-electron chi connectivity index (χ0n) is 46.0. The number of aromatic nitrogens is 1. The van der Waals surface area contributed by atoms with Crippen LogP contribution in [0.1, 0.15) is 48.2 Å². The number of Topliss-reactive ketones (excluding diaryl/α,β-unsaturated/α-hetero) is 1. The molecular weight excluding hydrogens is 1070 g/mol. The Morgan fingerprint density at radius 2 is 1.12 bits per heavy atom. The van der Waals surface area contributed by atoms with Crippen LogP contribution in [0, 0.1) is 0 Å². The fourth-order valence-corrected chi connectivity index (χ4v) is 8.15. The largest absolute Gasteiger partial charge is 0.480 e. The molecule has 0 spiro atoms. The van der Waals surface area contributed by atoms with E-state index in [4.69, 9.17) is 38.8 Å². The number of ketones is 1. The number of carbonyl (C=O) groups is 7. The lowest BCUT2D eigenvalue weighted by molar-refractivity contribution is -0.145. The summed E-state index contributed by atoms with van der Waals surface area (Å²) in [5.74, 6) is -5.63. The third kappa shape index (κ3) is 31.8. The number of rotatable bonds is 43. The van der Waals surface area contributed by atoms with Crippen LogP contribution in [0.5, 0.6) is 0 Å². The minimum Gasteiger partial charge on any atom is -0.480 e. The van der Waals surface area contributed by atoms with Gasteiger partial charge >= 0.3 is 23.9 Å². The molecule has 1 aliphatic rings. The highest BCUT2D eigenvalue weighted by Crippen LogP contribution is 2.14. The second-order valence-electron chi connectivity index (χ2n) is 18.4. The fourth-order valence-electron chi connectivity index (χ4n) is 8.15. The second-order valence-corrected chi connectivity index (χ2v) is 18.4. The van der Waals surface area contributed by atoms with Gasteiger partial charge in [0.05, 0.1) is 98.9 Å². The van der Waals surface area contributed by atoms with Gasteiger partial charge in [0.15, 0.2) is 0 Å². The van der Waals surface area contributed by atoms with Gasteiger partial charge in [-0.2, -0.15) is 0 Å². The van der Waals surface area contributed by atoms with Crippen molar-refractivity contribution in [1.82, 2.24) is 34.5 Å². The number of benzene rings is 1. The maximum Gasteiger partial charge on any atom is 0.320 e. The van der Waals surface area contributed by atoms with E-state index in [2.05, 4.69) is 15.3 Å². The molecule has 452 valence electrons. The van der Waals surface area contributed by atoms with Gasteiger partial charge in [-0.1, -0.05) is 41.5 Å². The summed E-state index contributed by atoms with van der Waals surface area (Å²) in [6.07, 6.45) is 0.0324. The van der Waals surface area contributed by atoms with Gasteiger partial charge in [0.1, 0.15) is 24.1 Å². The predicted molar refractivity (Wildman–Crippen MR) is 289 cm³/mol. The molecule has 0 bridgehead atoms. The molecule has 1 fully saturated rings. The highest BCUT2D eigenvalue weighted by Gasteiger charge is 2.29. The number of carboxylic acids is 4. The number of azide groups is 1. The van der Waals surface area contributed by atoms with Crippen molar-refractivity contribution in [1.29, 1.82) is 0 Å². The minimum absolute atomic E-state index is 0.00956. The van der Waals surface area contributed by atoms with E-state index in [1.165, 1.54) is 23.1 Å². The summed E-state index contributed by atoms with van der Waals surface area (Å²) in [6.45, 7) is 3.62. The van der Waals surface area contributed by atoms with E-state index in [9.17, 15) is 58.8 Å². The van der Waals surface area contributed by atoms with Gasteiger partial charge < -0.3 is 63.9 Å². The number of amides is 2. The van der Waals surface area contributed by atoms with E-state index < -0.39 is 41.4 Å². The van der Waals surface area contributed by atoms with Gasteiger partial charge in [0.25, 0.3) is 11.5 Å². The number of ether oxygens (including phenoxy) is 6. The number of hydrogen-bond acceptors (Lipinski definition) is 20. The highest BCUT2D eigenvalue weighted by atomic mass is 16.7. The monoisotopic (exact) mass is 1150 g/mol. The Morgan fingerprint density at radius 1 is 0.605 bits per heavy atom. The van der Waals surface area contributed by atoms with Crippen LogP contribution in [0.2, 0.25) is 0 Å². The Labute approximate surface area is 470 Å². The van der Waals surface area contributed by atoms with E-state index in [1.54, 1.807) is 31.7 Å². The van der Waals surface area contributed by atoms with Crippen LogP contribution in [-0.4, -0.2) is 275 Å². The molecule has 1 saturated heterocycles. The molecule has 5 N–H and O–H groups in total. The van der Waals surface area contributed by atoms with Gasteiger partial charge in [-0.05, 0) is 30.0 Å².